The molecule has 0 radical (unpaired) electrons. The van der Waals surface area contributed by atoms with E-state index in [0.29, 0.717) is 30.2 Å². The molecule has 2 aliphatic rings. The molecule has 23 heavy (non-hydrogen) atoms. The van der Waals surface area contributed by atoms with Crippen LogP contribution in [0.2, 0.25) is 5.02 Å². The molecule has 0 bridgehead atoms. The molecule has 2 saturated heterocycles. The maximum absolute atomic E-state index is 12.5. The third-order valence-corrected chi connectivity index (χ3v) is 4.65. The minimum absolute atomic E-state index is 0. The van der Waals surface area contributed by atoms with Crippen LogP contribution in [0.4, 0.5) is 5.69 Å². The molecular weight excluding hydrogens is 337 g/mol. The van der Waals surface area contributed by atoms with E-state index in [-0.39, 0.29) is 30.1 Å². The van der Waals surface area contributed by atoms with Gasteiger partial charge in [0.1, 0.15) is 6.04 Å². The first-order chi connectivity index (χ1) is 10.7. The van der Waals surface area contributed by atoms with Crippen molar-refractivity contribution in [2.75, 3.05) is 24.5 Å². The molecule has 5 nitrogen and oxygen atoms in total. The van der Waals surface area contributed by atoms with Gasteiger partial charge in [0.25, 0.3) is 0 Å². The van der Waals surface area contributed by atoms with E-state index in [1.54, 1.807) is 11.0 Å². The highest BCUT2D eigenvalue weighted by atomic mass is 35.5. The summed E-state index contributed by atoms with van der Waals surface area (Å²) in [6, 6.07) is 6.85. The molecule has 126 valence electrons. The van der Waals surface area contributed by atoms with E-state index < -0.39 is 6.04 Å². The van der Waals surface area contributed by atoms with E-state index in [1.807, 2.05) is 18.2 Å². The van der Waals surface area contributed by atoms with Gasteiger partial charge in [-0.15, -0.1) is 12.4 Å². The molecule has 2 atom stereocenters. The van der Waals surface area contributed by atoms with Crippen LogP contribution >= 0.6 is 24.0 Å². The number of carbonyl (C=O) groups excluding carboxylic acids is 2. The number of para-hydroxylation sites is 1. The summed E-state index contributed by atoms with van der Waals surface area (Å²) in [6.07, 6.45) is 2.51. The van der Waals surface area contributed by atoms with Gasteiger partial charge in [0, 0.05) is 13.1 Å². The maximum atomic E-state index is 12.5. The van der Waals surface area contributed by atoms with Gasteiger partial charge < -0.3 is 15.5 Å². The molecule has 0 aliphatic carbocycles. The summed E-state index contributed by atoms with van der Waals surface area (Å²) in [6.45, 7) is 2.24. The second kappa shape index (κ2) is 7.99. The summed E-state index contributed by atoms with van der Waals surface area (Å²) in [5, 5.41) is 6.68. The van der Waals surface area contributed by atoms with Gasteiger partial charge in [0.15, 0.2) is 0 Å². The van der Waals surface area contributed by atoms with Crippen molar-refractivity contribution in [3.63, 3.8) is 0 Å². The highest BCUT2D eigenvalue weighted by molar-refractivity contribution is 6.34. The Labute approximate surface area is 147 Å². The molecule has 2 N–H and O–H groups in total. The van der Waals surface area contributed by atoms with Gasteiger partial charge in [0.05, 0.1) is 16.6 Å². The SMILES string of the molecule is Cl.O=C(NC1CCN(c2ccccc2Cl)C1=O)C1CCCNC1. The zero-order chi connectivity index (χ0) is 15.5. The largest absolute Gasteiger partial charge is 0.344 e. The van der Waals surface area contributed by atoms with Gasteiger partial charge in [-0.05, 0) is 37.9 Å². The number of hydrogen-bond acceptors (Lipinski definition) is 3. The zero-order valence-corrected chi connectivity index (χ0v) is 14.3. The number of nitrogens with one attached hydrogen (secondary N) is 2. The van der Waals surface area contributed by atoms with Gasteiger partial charge in [0.2, 0.25) is 11.8 Å². The van der Waals surface area contributed by atoms with E-state index in [2.05, 4.69) is 10.6 Å². The standard InChI is InChI=1S/C16H20ClN3O2.ClH/c17-12-5-1-2-6-14(12)20-9-7-13(16(20)22)19-15(21)11-4-3-8-18-10-11;/h1-2,5-6,11,13,18H,3-4,7-10H2,(H,19,21);1H. The highest BCUT2D eigenvalue weighted by Crippen LogP contribution is 2.29. The van der Waals surface area contributed by atoms with Crippen LogP contribution in [0.3, 0.4) is 0 Å². The number of piperidine rings is 1. The maximum Gasteiger partial charge on any atom is 0.249 e. The van der Waals surface area contributed by atoms with Gasteiger partial charge >= 0.3 is 0 Å². The molecular formula is C16H21Cl2N3O2. The first kappa shape index (κ1) is 18.0. The Morgan fingerprint density at radius 2 is 2.09 bits per heavy atom. The smallest absolute Gasteiger partial charge is 0.249 e. The summed E-state index contributed by atoms with van der Waals surface area (Å²) in [5.41, 5.74) is 0.713. The molecule has 0 saturated carbocycles. The number of anilines is 1. The van der Waals surface area contributed by atoms with Gasteiger partial charge in [-0.25, -0.2) is 0 Å². The highest BCUT2D eigenvalue weighted by Gasteiger charge is 2.35. The fourth-order valence-corrected chi connectivity index (χ4v) is 3.33. The average molecular weight is 358 g/mol. The van der Waals surface area contributed by atoms with Crippen LogP contribution in [0.25, 0.3) is 0 Å². The van der Waals surface area contributed by atoms with Crippen molar-refractivity contribution in [3.05, 3.63) is 29.3 Å². The van der Waals surface area contributed by atoms with E-state index in [9.17, 15) is 9.59 Å². The van der Waals surface area contributed by atoms with Gasteiger partial charge in [-0.1, -0.05) is 23.7 Å². The molecule has 2 unspecified atom stereocenters. The Kier molecular flexibility index (Phi) is 6.27. The van der Waals surface area contributed by atoms with Crippen molar-refractivity contribution in [3.8, 4) is 0 Å². The number of rotatable bonds is 3. The number of benzene rings is 1. The number of carbonyl (C=O) groups is 2. The lowest BCUT2D eigenvalue weighted by Crippen LogP contribution is -2.47. The molecule has 3 rings (SSSR count). The van der Waals surface area contributed by atoms with E-state index in [0.717, 1.165) is 19.4 Å². The molecule has 1 aromatic rings. The fraction of sp³-hybridized carbons (Fsp3) is 0.500. The van der Waals surface area contributed by atoms with Gasteiger partial charge in [-0.3, -0.25) is 9.59 Å². The summed E-state index contributed by atoms with van der Waals surface area (Å²) < 4.78 is 0. The average Bonchev–Trinajstić information content (AvgIpc) is 2.90. The second-order valence-electron chi connectivity index (χ2n) is 5.83. The van der Waals surface area contributed by atoms with Crippen LogP contribution in [0.1, 0.15) is 19.3 Å². The van der Waals surface area contributed by atoms with E-state index in [4.69, 9.17) is 11.6 Å². The molecule has 2 heterocycles. The number of hydrogen-bond donors (Lipinski definition) is 2. The van der Waals surface area contributed by atoms with Crippen molar-refractivity contribution in [2.45, 2.75) is 25.3 Å². The van der Waals surface area contributed by atoms with Crippen molar-refractivity contribution in [2.24, 2.45) is 5.92 Å². The van der Waals surface area contributed by atoms with Crippen molar-refractivity contribution >= 4 is 41.5 Å². The Morgan fingerprint density at radius 1 is 1.30 bits per heavy atom. The Balaban J connectivity index is 0.00000192. The van der Waals surface area contributed by atoms with Crippen LogP contribution in [-0.2, 0) is 9.59 Å². The monoisotopic (exact) mass is 357 g/mol. The number of nitrogens with zero attached hydrogens (tertiary/aromatic N) is 1. The predicted molar refractivity (Wildman–Crippen MR) is 93.2 cm³/mol. The zero-order valence-electron chi connectivity index (χ0n) is 12.8. The molecule has 1 aromatic carbocycles. The van der Waals surface area contributed by atoms with E-state index >= 15 is 0 Å². The van der Waals surface area contributed by atoms with Crippen LogP contribution in [0.15, 0.2) is 24.3 Å². The van der Waals surface area contributed by atoms with E-state index in [1.165, 1.54) is 0 Å². The summed E-state index contributed by atoms with van der Waals surface area (Å²) in [7, 11) is 0. The van der Waals surface area contributed by atoms with Crippen molar-refractivity contribution < 1.29 is 9.59 Å². The fourth-order valence-electron chi connectivity index (χ4n) is 3.09. The summed E-state index contributed by atoms with van der Waals surface area (Å²) in [4.78, 5) is 26.4. The Hall–Kier alpha value is -1.30. The lowest BCUT2D eigenvalue weighted by Gasteiger charge is -2.23. The van der Waals surface area contributed by atoms with Crippen molar-refractivity contribution in [1.82, 2.24) is 10.6 Å². The van der Waals surface area contributed by atoms with Crippen LogP contribution in [-0.4, -0.2) is 37.5 Å². The summed E-state index contributed by atoms with van der Waals surface area (Å²) in [5.74, 6) is -0.132. The third kappa shape index (κ3) is 3.97. The molecule has 2 fully saturated rings. The molecule has 2 aliphatic heterocycles. The number of amides is 2. The minimum Gasteiger partial charge on any atom is -0.344 e. The van der Waals surface area contributed by atoms with Crippen molar-refractivity contribution in [1.29, 1.82) is 0 Å². The van der Waals surface area contributed by atoms with Crippen LogP contribution in [0.5, 0.6) is 0 Å². The quantitative estimate of drug-likeness (QED) is 0.869. The first-order valence-electron chi connectivity index (χ1n) is 7.74. The van der Waals surface area contributed by atoms with Crippen LogP contribution in [0, 0.1) is 5.92 Å². The third-order valence-electron chi connectivity index (χ3n) is 4.33. The Bertz CT molecular complexity index is 576. The van der Waals surface area contributed by atoms with Crippen LogP contribution < -0.4 is 15.5 Å². The lowest BCUT2D eigenvalue weighted by molar-refractivity contribution is -0.129. The molecule has 7 heteroatoms. The second-order valence-corrected chi connectivity index (χ2v) is 6.24. The molecule has 0 spiro atoms. The predicted octanol–water partition coefficient (Wildman–Crippen LogP) is 1.98. The lowest BCUT2D eigenvalue weighted by atomic mass is 9.98. The number of halogens is 2. The summed E-state index contributed by atoms with van der Waals surface area (Å²) >= 11 is 6.16. The first-order valence-corrected chi connectivity index (χ1v) is 8.11. The minimum atomic E-state index is -0.439. The van der Waals surface area contributed by atoms with Gasteiger partial charge in [-0.2, -0.15) is 0 Å². The Morgan fingerprint density at radius 3 is 2.78 bits per heavy atom. The molecule has 0 aromatic heterocycles. The topological polar surface area (TPSA) is 61.4 Å². The molecule has 2 amide bonds. The normalized spacial score (nSPS) is 24.2.